The van der Waals surface area contributed by atoms with Crippen molar-refractivity contribution >= 4 is 39.3 Å². The average Bonchev–Trinajstić information content (AvgIpc) is 2.98. The van der Waals surface area contributed by atoms with E-state index >= 15 is 0 Å². The number of carbonyl (C=O) groups is 3. The number of ether oxygens (including phenoxy) is 2. The van der Waals surface area contributed by atoms with Crippen LogP contribution in [0.3, 0.4) is 0 Å². The second-order valence-electron chi connectivity index (χ2n) is 7.01. The number of rotatable bonds is 6. The molecule has 1 amide bonds. The Bertz CT molecular complexity index is 1080. The summed E-state index contributed by atoms with van der Waals surface area (Å²) in [6.45, 7) is 3.51. The van der Waals surface area contributed by atoms with Crippen LogP contribution in [0, 0.1) is 0 Å². The standard InChI is InChI=1S/C23H22BrNO6/c1-4-10-25-20(14-6-5-7-16(11-14)31-13(2)26)19(22(28)23(25)29)21(27)15-8-9-18(30-3)17(24)12-15/h5-9,11-12,20,27H,4,10H2,1-3H3/b21-19+. The third-order valence-corrected chi connectivity index (χ3v) is 5.48. The van der Waals surface area contributed by atoms with Crippen LogP contribution in [0.4, 0.5) is 0 Å². The molecule has 1 aliphatic heterocycles. The van der Waals surface area contributed by atoms with E-state index in [9.17, 15) is 19.5 Å². The van der Waals surface area contributed by atoms with Gasteiger partial charge in [0.25, 0.3) is 11.7 Å². The number of likely N-dealkylation sites (tertiary alicyclic amines) is 1. The van der Waals surface area contributed by atoms with Crippen LogP contribution in [0.25, 0.3) is 5.76 Å². The van der Waals surface area contributed by atoms with Crippen molar-refractivity contribution in [2.24, 2.45) is 0 Å². The molecule has 0 aromatic heterocycles. The van der Waals surface area contributed by atoms with Crippen LogP contribution in [0.2, 0.25) is 0 Å². The second-order valence-corrected chi connectivity index (χ2v) is 7.86. The predicted octanol–water partition coefficient (Wildman–Crippen LogP) is 4.21. The molecule has 3 rings (SSSR count). The van der Waals surface area contributed by atoms with Crippen molar-refractivity contribution in [1.82, 2.24) is 4.90 Å². The maximum absolute atomic E-state index is 12.9. The van der Waals surface area contributed by atoms with Gasteiger partial charge in [-0.3, -0.25) is 14.4 Å². The molecular formula is C23H22BrNO6. The summed E-state index contributed by atoms with van der Waals surface area (Å²) in [4.78, 5) is 38.5. The van der Waals surface area contributed by atoms with Gasteiger partial charge >= 0.3 is 5.97 Å². The van der Waals surface area contributed by atoms with Gasteiger partial charge in [0.05, 0.1) is 23.2 Å². The van der Waals surface area contributed by atoms with E-state index in [1.165, 1.54) is 18.9 Å². The molecule has 1 heterocycles. The number of Topliss-reactive ketones (excluding diaryl/α,β-unsaturated/α-hetero) is 1. The van der Waals surface area contributed by atoms with Crippen molar-refractivity contribution in [2.75, 3.05) is 13.7 Å². The molecule has 1 fully saturated rings. The second kappa shape index (κ2) is 9.34. The minimum absolute atomic E-state index is 0.0181. The minimum atomic E-state index is -0.809. The van der Waals surface area contributed by atoms with Crippen molar-refractivity contribution in [3.8, 4) is 11.5 Å². The minimum Gasteiger partial charge on any atom is -0.507 e. The van der Waals surface area contributed by atoms with E-state index in [1.54, 1.807) is 42.5 Å². The normalized spacial score (nSPS) is 17.7. The van der Waals surface area contributed by atoms with E-state index in [1.807, 2.05) is 6.92 Å². The zero-order valence-corrected chi connectivity index (χ0v) is 18.9. The van der Waals surface area contributed by atoms with Gasteiger partial charge in [-0.25, -0.2) is 0 Å². The average molecular weight is 488 g/mol. The number of nitrogens with zero attached hydrogens (tertiary/aromatic N) is 1. The van der Waals surface area contributed by atoms with Crippen LogP contribution in [-0.4, -0.2) is 41.3 Å². The number of aliphatic hydroxyl groups excluding tert-OH is 1. The Hall–Kier alpha value is -3.13. The van der Waals surface area contributed by atoms with Gasteiger partial charge in [0, 0.05) is 19.0 Å². The predicted molar refractivity (Wildman–Crippen MR) is 118 cm³/mol. The summed E-state index contributed by atoms with van der Waals surface area (Å²) >= 11 is 3.37. The van der Waals surface area contributed by atoms with Gasteiger partial charge in [0.2, 0.25) is 0 Å². The van der Waals surface area contributed by atoms with Crippen molar-refractivity contribution in [3.05, 3.63) is 63.6 Å². The lowest BCUT2D eigenvalue weighted by Crippen LogP contribution is -2.30. The Kier molecular flexibility index (Phi) is 6.80. The fourth-order valence-electron chi connectivity index (χ4n) is 3.58. The summed E-state index contributed by atoms with van der Waals surface area (Å²) in [6, 6.07) is 10.7. The molecule has 162 valence electrons. The van der Waals surface area contributed by atoms with Crippen LogP contribution in [-0.2, 0) is 14.4 Å². The fourth-order valence-corrected chi connectivity index (χ4v) is 4.12. The summed E-state index contributed by atoms with van der Waals surface area (Å²) in [6.07, 6.45) is 0.626. The highest BCUT2D eigenvalue weighted by Crippen LogP contribution is 2.41. The highest BCUT2D eigenvalue weighted by atomic mass is 79.9. The van der Waals surface area contributed by atoms with Crippen molar-refractivity contribution < 1.29 is 29.0 Å². The Morgan fingerprint density at radius 3 is 2.55 bits per heavy atom. The number of hydrogen-bond donors (Lipinski definition) is 1. The maximum Gasteiger partial charge on any atom is 0.308 e. The summed E-state index contributed by atoms with van der Waals surface area (Å²) in [7, 11) is 1.52. The zero-order chi connectivity index (χ0) is 22.7. The SMILES string of the molecule is CCCN1C(=O)C(=O)/C(=C(/O)c2ccc(OC)c(Br)c2)C1c1cccc(OC(C)=O)c1. The van der Waals surface area contributed by atoms with Crippen LogP contribution < -0.4 is 9.47 Å². The van der Waals surface area contributed by atoms with Gasteiger partial charge in [-0.05, 0) is 58.2 Å². The van der Waals surface area contributed by atoms with E-state index in [0.29, 0.717) is 40.1 Å². The number of hydrogen-bond acceptors (Lipinski definition) is 6. The largest absolute Gasteiger partial charge is 0.507 e. The molecule has 0 aliphatic carbocycles. The molecule has 0 saturated carbocycles. The summed E-state index contributed by atoms with van der Waals surface area (Å²) in [5.41, 5.74) is 0.902. The van der Waals surface area contributed by atoms with E-state index < -0.39 is 23.7 Å². The lowest BCUT2D eigenvalue weighted by Gasteiger charge is -2.25. The first kappa shape index (κ1) is 22.6. The van der Waals surface area contributed by atoms with Crippen LogP contribution in [0.1, 0.15) is 37.4 Å². The molecule has 0 spiro atoms. The summed E-state index contributed by atoms with van der Waals surface area (Å²) in [5.74, 6) is -1.36. The molecule has 1 N–H and O–H groups in total. The first-order valence-corrected chi connectivity index (χ1v) is 10.5. The molecule has 0 radical (unpaired) electrons. The van der Waals surface area contributed by atoms with Crippen molar-refractivity contribution in [1.29, 1.82) is 0 Å². The lowest BCUT2D eigenvalue weighted by atomic mass is 9.95. The van der Waals surface area contributed by atoms with Crippen molar-refractivity contribution in [2.45, 2.75) is 26.3 Å². The van der Waals surface area contributed by atoms with E-state index in [4.69, 9.17) is 9.47 Å². The molecule has 8 heteroatoms. The third-order valence-electron chi connectivity index (χ3n) is 4.87. The van der Waals surface area contributed by atoms with Gasteiger partial charge in [0.1, 0.15) is 17.3 Å². The van der Waals surface area contributed by atoms with Gasteiger partial charge in [-0.15, -0.1) is 0 Å². The number of benzene rings is 2. The fraction of sp³-hybridized carbons (Fsp3) is 0.261. The number of carbonyl (C=O) groups excluding carboxylic acids is 3. The quantitative estimate of drug-likeness (QED) is 0.215. The molecule has 1 atom stereocenters. The molecule has 2 aromatic rings. The molecule has 1 unspecified atom stereocenters. The molecule has 7 nitrogen and oxygen atoms in total. The van der Waals surface area contributed by atoms with Gasteiger partial charge in [0.15, 0.2) is 0 Å². The van der Waals surface area contributed by atoms with Crippen molar-refractivity contribution in [3.63, 3.8) is 0 Å². The number of esters is 1. The number of aliphatic hydroxyl groups is 1. The summed E-state index contributed by atoms with van der Waals surface area (Å²) < 4.78 is 11.0. The smallest absolute Gasteiger partial charge is 0.308 e. The molecule has 1 saturated heterocycles. The highest BCUT2D eigenvalue weighted by Gasteiger charge is 2.45. The van der Waals surface area contributed by atoms with E-state index in [0.717, 1.165) is 0 Å². The van der Waals surface area contributed by atoms with Crippen LogP contribution in [0.5, 0.6) is 11.5 Å². The number of ketones is 1. The van der Waals surface area contributed by atoms with Gasteiger partial charge in [-0.1, -0.05) is 19.1 Å². The monoisotopic (exact) mass is 487 g/mol. The summed E-state index contributed by atoms with van der Waals surface area (Å²) in [5, 5.41) is 11.1. The first-order valence-electron chi connectivity index (χ1n) is 9.69. The van der Waals surface area contributed by atoms with Gasteiger partial charge < -0.3 is 19.5 Å². The van der Waals surface area contributed by atoms with Gasteiger partial charge in [-0.2, -0.15) is 0 Å². The molecule has 0 bridgehead atoms. The molecular weight excluding hydrogens is 466 g/mol. The van der Waals surface area contributed by atoms with Crippen LogP contribution >= 0.6 is 15.9 Å². The highest BCUT2D eigenvalue weighted by molar-refractivity contribution is 9.10. The Morgan fingerprint density at radius 2 is 1.94 bits per heavy atom. The number of amides is 1. The maximum atomic E-state index is 12.9. The Balaban J connectivity index is 2.17. The zero-order valence-electron chi connectivity index (χ0n) is 17.3. The van der Waals surface area contributed by atoms with E-state index in [-0.39, 0.29) is 11.3 Å². The molecule has 1 aliphatic rings. The lowest BCUT2D eigenvalue weighted by molar-refractivity contribution is -0.139. The molecule has 31 heavy (non-hydrogen) atoms. The number of methoxy groups -OCH3 is 1. The first-order chi connectivity index (χ1) is 14.8. The molecule has 2 aromatic carbocycles. The Morgan fingerprint density at radius 1 is 1.19 bits per heavy atom. The Labute approximate surface area is 188 Å². The topological polar surface area (TPSA) is 93.1 Å². The third kappa shape index (κ3) is 4.49. The van der Waals surface area contributed by atoms with Crippen LogP contribution in [0.15, 0.2) is 52.5 Å². The van der Waals surface area contributed by atoms with E-state index in [2.05, 4.69) is 15.9 Å². The number of halogens is 1.